The van der Waals surface area contributed by atoms with Crippen LogP contribution in [0, 0.1) is 5.41 Å². The molecule has 0 radical (unpaired) electrons. The first kappa shape index (κ1) is 13.7. The van der Waals surface area contributed by atoms with E-state index in [1.807, 2.05) is 11.6 Å². The predicted molar refractivity (Wildman–Crippen MR) is 71.6 cm³/mol. The smallest absolute Gasteiger partial charge is 0.113 e. The average Bonchev–Trinajstić information content (AvgIpc) is 2.85. The van der Waals surface area contributed by atoms with E-state index in [0.717, 1.165) is 30.7 Å². The second kappa shape index (κ2) is 5.28. The summed E-state index contributed by atoms with van der Waals surface area (Å²) in [5, 5.41) is 3.12. The summed E-state index contributed by atoms with van der Waals surface area (Å²) < 4.78 is 0. The number of rotatable bonds is 6. The van der Waals surface area contributed by atoms with Gasteiger partial charge in [0.1, 0.15) is 5.01 Å². The molecule has 0 spiro atoms. The van der Waals surface area contributed by atoms with Gasteiger partial charge < -0.3 is 5.73 Å². The fourth-order valence-corrected chi connectivity index (χ4v) is 3.84. The molecule has 0 saturated carbocycles. The van der Waals surface area contributed by atoms with E-state index in [1.165, 1.54) is 0 Å². The molecule has 0 fully saturated rings. The minimum atomic E-state index is -0.264. The summed E-state index contributed by atoms with van der Waals surface area (Å²) in [5.74, 6) is 0. The average molecular weight is 240 g/mol. The zero-order valence-corrected chi connectivity index (χ0v) is 11.7. The van der Waals surface area contributed by atoms with Crippen LogP contribution in [0.25, 0.3) is 0 Å². The van der Waals surface area contributed by atoms with Gasteiger partial charge in [0.25, 0.3) is 0 Å². The molecule has 1 atom stereocenters. The maximum Gasteiger partial charge on any atom is 0.113 e. The van der Waals surface area contributed by atoms with E-state index in [1.54, 1.807) is 11.3 Å². The fraction of sp³-hybridized carbons (Fsp3) is 0.769. The van der Waals surface area contributed by atoms with Crippen molar-refractivity contribution in [2.45, 2.75) is 58.9 Å². The Kier molecular flexibility index (Phi) is 4.51. The van der Waals surface area contributed by atoms with Crippen LogP contribution in [0.15, 0.2) is 11.6 Å². The quantitative estimate of drug-likeness (QED) is 0.818. The summed E-state index contributed by atoms with van der Waals surface area (Å²) in [7, 11) is 0. The van der Waals surface area contributed by atoms with Crippen LogP contribution >= 0.6 is 11.3 Å². The van der Waals surface area contributed by atoms with Gasteiger partial charge in [-0.05, 0) is 31.1 Å². The van der Waals surface area contributed by atoms with E-state index >= 15 is 0 Å². The van der Waals surface area contributed by atoms with Crippen LogP contribution < -0.4 is 5.73 Å². The Labute approximate surface area is 103 Å². The number of nitrogens with two attached hydrogens (primary N) is 1. The van der Waals surface area contributed by atoms with Crippen LogP contribution in [0.5, 0.6) is 0 Å². The molecule has 1 unspecified atom stereocenters. The normalized spacial score (nSPS) is 16.1. The van der Waals surface area contributed by atoms with E-state index in [-0.39, 0.29) is 11.0 Å². The lowest BCUT2D eigenvalue weighted by Gasteiger charge is -2.46. The van der Waals surface area contributed by atoms with E-state index in [0.29, 0.717) is 0 Å². The topological polar surface area (TPSA) is 38.9 Å². The van der Waals surface area contributed by atoms with Gasteiger partial charge in [0.2, 0.25) is 0 Å². The van der Waals surface area contributed by atoms with Crippen LogP contribution in [0.1, 0.15) is 58.4 Å². The van der Waals surface area contributed by atoms with Gasteiger partial charge in [-0.2, -0.15) is 0 Å². The second-order valence-corrected chi connectivity index (χ2v) is 5.40. The molecule has 3 heteroatoms. The van der Waals surface area contributed by atoms with Crippen molar-refractivity contribution in [3.05, 3.63) is 16.6 Å². The molecule has 92 valence electrons. The van der Waals surface area contributed by atoms with Crippen LogP contribution in [0.3, 0.4) is 0 Å². The Morgan fingerprint density at radius 2 is 1.69 bits per heavy atom. The molecule has 0 aliphatic heterocycles. The standard InChI is InChI=1S/C13H24N2S/c1-5-12(6-2,7-3)13(14,8-4)11-15-9-10-16-11/h9-10H,5-8,14H2,1-4H3. The monoisotopic (exact) mass is 240 g/mol. The molecular weight excluding hydrogens is 216 g/mol. The van der Waals surface area contributed by atoms with Crippen molar-refractivity contribution in [3.63, 3.8) is 0 Å². The molecule has 0 aliphatic rings. The highest BCUT2D eigenvalue weighted by Gasteiger charge is 2.46. The molecule has 0 bridgehead atoms. The molecule has 1 heterocycles. The summed E-state index contributed by atoms with van der Waals surface area (Å²) in [6.45, 7) is 8.92. The van der Waals surface area contributed by atoms with Gasteiger partial charge in [0, 0.05) is 11.6 Å². The molecule has 2 N–H and O–H groups in total. The summed E-state index contributed by atoms with van der Waals surface area (Å²) in [6, 6.07) is 0. The molecule has 16 heavy (non-hydrogen) atoms. The lowest BCUT2D eigenvalue weighted by atomic mass is 9.63. The van der Waals surface area contributed by atoms with Gasteiger partial charge in [0.05, 0.1) is 5.54 Å². The largest absolute Gasteiger partial charge is 0.319 e. The Morgan fingerprint density at radius 3 is 2.00 bits per heavy atom. The van der Waals surface area contributed by atoms with Crippen molar-refractivity contribution in [1.29, 1.82) is 0 Å². The number of aromatic nitrogens is 1. The lowest BCUT2D eigenvalue weighted by Crippen LogP contribution is -2.51. The van der Waals surface area contributed by atoms with Crippen molar-refractivity contribution >= 4 is 11.3 Å². The molecule has 0 amide bonds. The van der Waals surface area contributed by atoms with E-state index in [2.05, 4.69) is 32.7 Å². The van der Waals surface area contributed by atoms with Crippen LogP contribution in [-0.2, 0) is 5.54 Å². The lowest BCUT2D eigenvalue weighted by molar-refractivity contribution is 0.0916. The van der Waals surface area contributed by atoms with Crippen LogP contribution in [0.2, 0.25) is 0 Å². The number of thiazole rings is 1. The summed E-state index contributed by atoms with van der Waals surface area (Å²) in [4.78, 5) is 4.46. The van der Waals surface area contributed by atoms with Crippen molar-refractivity contribution < 1.29 is 0 Å². The van der Waals surface area contributed by atoms with Crippen molar-refractivity contribution in [2.24, 2.45) is 11.1 Å². The van der Waals surface area contributed by atoms with Crippen LogP contribution in [-0.4, -0.2) is 4.98 Å². The molecule has 0 aromatic carbocycles. The highest BCUT2D eigenvalue weighted by atomic mass is 32.1. The van der Waals surface area contributed by atoms with Gasteiger partial charge in [-0.25, -0.2) is 4.98 Å². The Morgan fingerprint density at radius 1 is 1.12 bits per heavy atom. The maximum atomic E-state index is 6.72. The molecular formula is C13H24N2S. The summed E-state index contributed by atoms with van der Waals surface area (Å²) in [6.07, 6.45) is 6.16. The zero-order chi connectivity index (χ0) is 12.2. The fourth-order valence-electron chi connectivity index (χ4n) is 2.89. The minimum absolute atomic E-state index is 0.180. The first-order chi connectivity index (χ1) is 7.60. The predicted octanol–water partition coefficient (Wildman–Crippen LogP) is 3.92. The van der Waals surface area contributed by atoms with Gasteiger partial charge >= 0.3 is 0 Å². The summed E-state index contributed by atoms with van der Waals surface area (Å²) in [5.41, 5.74) is 6.64. The maximum absolute atomic E-state index is 6.72. The van der Waals surface area contributed by atoms with Gasteiger partial charge in [0.15, 0.2) is 0 Å². The Bertz CT molecular complexity index is 295. The third-order valence-corrected chi connectivity index (χ3v) is 5.30. The Hall–Kier alpha value is -0.410. The van der Waals surface area contributed by atoms with E-state index in [4.69, 9.17) is 5.73 Å². The molecule has 2 nitrogen and oxygen atoms in total. The van der Waals surface area contributed by atoms with E-state index in [9.17, 15) is 0 Å². The van der Waals surface area contributed by atoms with Crippen molar-refractivity contribution in [3.8, 4) is 0 Å². The molecule has 0 aliphatic carbocycles. The van der Waals surface area contributed by atoms with Crippen LogP contribution in [0.4, 0.5) is 0 Å². The third kappa shape index (κ3) is 1.91. The highest BCUT2D eigenvalue weighted by Crippen LogP contribution is 2.48. The van der Waals surface area contributed by atoms with Crippen molar-refractivity contribution in [1.82, 2.24) is 4.98 Å². The zero-order valence-electron chi connectivity index (χ0n) is 10.9. The number of nitrogens with zero attached hydrogens (tertiary/aromatic N) is 1. The molecule has 1 aromatic rings. The highest BCUT2D eigenvalue weighted by molar-refractivity contribution is 7.09. The molecule has 1 rings (SSSR count). The Balaban J connectivity index is 3.21. The van der Waals surface area contributed by atoms with Crippen molar-refractivity contribution in [2.75, 3.05) is 0 Å². The van der Waals surface area contributed by atoms with Gasteiger partial charge in [-0.15, -0.1) is 11.3 Å². The van der Waals surface area contributed by atoms with E-state index < -0.39 is 0 Å². The molecule has 1 aromatic heterocycles. The minimum Gasteiger partial charge on any atom is -0.319 e. The van der Waals surface area contributed by atoms with Gasteiger partial charge in [-0.1, -0.05) is 27.7 Å². The first-order valence-corrected chi connectivity index (χ1v) is 7.17. The second-order valence-electron chi connectivity index (χ2n) is 4.50. The van der Waals surface area contributed by atoms with Gasteiger partial charge in [-0.3, -0.25) is 0 Å². The summed E-state index contributed by atoms with van der Waals surface area (Å²) >= 11 is 1.69. The first-order valence-electron chi connectivity index (χ1n) is 6.29. The SMILES string of the molecule is CCC(CC)(CC)C(N)(CC)c1nccs1. The molecule has 0 saturated heterocycles. The number of hydrogen-bond acceptors (Lipinski definition) is 3. The third-order valence-electron chi connectivity index (χ3n) is 4.35. The number of hydrogen-bond donors (Lipinski definition) is 1.